The Bertz CT molecular complexity index is 1160. The summed E-state index contributed by atoms with van der Waals surface area (Å²) < 4.78 is 17.5. The maximum absolute atomic E-state index is 13.5. The predicted molar refractivity (Wildman–Crippen MR) is 146 cm³/mol. The molecule has 5 rings (SSSR count). The van der Waals surface area contributed by atoms with E-state index in [1.54, 1.807) is 6.07 Å². The van der Waals surface area contributed by atoms with Crippen LogP contribution in [0.4, 0.5) is 0 Å². The number of benzene rings is 2. The summed E-state index contributed by atoms with van der Waals surface area (Å²) in [6.07, 6.45) is 6.08. The number of hydrogen-bond donors (Lipinski definition) is 1. The monoisotopic (exact) mass is 540 g/mol. The molecule has 2 aromatic carbocycles. The first-order valence-electron chi connectivity index (χ1n) is 13.8. The predicted octanol–water partition coefficient (Wildman–Crippen LogP) is 4.96. The van der Waals surface area contributed by atoms with Gasteiger partial charge in [0, 0.05) is 19.5 Å². The van der Waals surface area contributed by atoms with E-state index in [-0.39, 0.29) is 24.3 Å². The Morgan fingerprint density at radius 2 is 1.82 bits per heavy atom. The van der Waals surface area contributed by atoms with E-state index in [1.807, 2.05) is 36.1 Å². The average molecular weight is 541 g/mol. The zero-order chi connectivity index (χ0) is 26.5. The van der Waals surface area contributed by atoms with Gasteiger partial charge in [-0.2, -0.15) is 0 Å². The molecule has 1 N–H and O–H groups in total. The number of rotatable bonds is 2. The molecule has 0 bridgehead atoms. The maximum atomic E-state index is 13.5. The molecule has 0 unspecified atom stereocenters. The lowest BCUT2D eigenvalue weighted by molar-refractivity contribution is -0.141. The van der Waals surface area contributed by atoms with Crippen molar-refractivity contribution in [2.24, 2.45) is 5.41 Å². The topological polar surface area (TPSA) is 77.1 Å². The zero-order valence-electron chi connectivity index (χ0n) is 22.1. The van der Waals surface area contributed by atoms with Crippen molar-refractivity contribution < 1.29 is 23.8 Å². The van der Waals surface area contributed by atoms with Gasteiger partial charge in [0.1, 0.15) is 12.4 Å². The highest BCUT2D eigenvalue weighted by Crippen LogP contribution is 2.40. The van der Waals surface area contributed by atoms with E-state index in [2.05, 4.69) is 11.4 Å². The molecule has 204 valence electrons. The number of para-hydroxylation sites is 1. The van der Waals surface area contributed by atoms with E-state index < -0.39 is 5.41 Å². The Morgan fingerprint density at radius 1 is 1.03 bits per heavy atom. The van der Waals surface area contributed by atoms with Crippen LogP contribution in [0.2, 0.25) is 5.02 Å². The van der Waals surface area contributed by atoms with Crippen LogP contribution < -0.4 is 19.5 Å². The first-order valence-corrected chi connectivity index (χ1v) is 14.2. The van der Waals surface area contributed by atoms with Gasteiger partial charge in [-0.3, -0.25) is 9.59 Å². The molecule has 38 heavy (non-hydrogen) atoms. The molecular formula is C30H37ClN2O5. The van der Waals surface area contributed by atoms with Crippen LogP contribution >= 0.6 is 11.6 Å². The van der Waals surface area contributed by atoms with Crippen molar-refractivity contribution in [2.75, 3.05) is 32.9 Å². The van der Waals surface area contributed by atoms with Gasteiger partial charge in [-0.15, -0.1) is 0 Å². The molecule has 1 saturated heterocycles. The van der Waals surface area contributed by atoms with Crippen molar-refractivity contribution in [2.45, 2.75) is 64.3 Å². The molecule has 3 aliphatic heterocycles. The number of halogens is 1. The van der Waals surface area contributed by atoms with Crippen LogP contribution in [0.1, 0.15) is 56.6 Å². The lowest BCUT2D eigenvalue weighted by atomic mass is 9.73. The van der Waals surface area contributed by atoms with Crippen LogP contribution in [0.3, 0.4) is 0 Å². The maximum Gasteiger partial charge on any atom is 0.226 e. The van der Waals surface area contributed by atoms with Crippen molar-refractivity contribution in [3.8, 4) is 17.2 Å². The van der Waals surface area contributed by atoms with Crippen LogP contribution in [0.15, 0.2) is 36.4 Å². The molecule has 3 aliphatic rings. The lowest BCUT2D eigenvalue weighted by Crippen LogP contribution is -2.52. The molecule has 0 aliphatic carbocycles. The molecule has 3 heterocycles. The van der Waals surface area contributed by atoms with Gasteiger partial charge in [0.15, 0.2) is 11.5 Å². The number of fused-ring (bicyclic) bond motifs is 2. The second-order valence-corrected chi connectivity index (χ2v) is 11.2. The molecule has 8 heteroatoms. The number of carbonyl (C=O) groups is 2. The van der Waals surface area contributed by atoms with Crippen molar-refractivity contribution >= 4 is 23.4 Å². The van der Waals surface area contributed by atoms with E-state index in [1.165, 1.54) is 5.56 Å². The first-order chi connectivity index (χ1) is 18.4. The molecule has 2 aromatic rings. The van der Waals surface area contributed by atoms with Gasteiger partial charge in [0.05, 0.1) is 36.1 Å². The van der Waals surface area contributed by atoms with Gasteiger partial charge < -0.3 is 24.4 Å². The highest BCUT2D eigenvalue weighted by Gasteiger charge is 2.42. The number of aryl methyl sites for hydroxylation is 1. The van der Waals surface area contributed by atoms with Crippen molar-refractivity contribution in [1.82, 2.24) is 10.2 Å². The molecule has 0 saturated carbocycles. The highest BCUT2D eigenvalue weighted by molar-refractivity contribution is 6.32. The SMILES string of the molecule is C[C@@H]1COc2ccccc2CCCCC2(CCN(C(=O)Cc3cc(Cl)c4c(c3)OCCCO4)CC2)C(=O)N1. The summed E-state index contributed by atoms with van der Waals surface area (Å²) >= 11 is 6.43. The second kappa shape index (κ2) is 11.9. The average Bonchev–Trinajstić information content (AvgIpc) is 3.16. The third-order valence-electron chi connectivity index (χ3n) is 7.96. The van der Waals surface area contributed by atoms with Crippen LogP contribution in [0.5, 0.6) is 17.2 Å². The Kier molecular flexibility index (Phi) is 8.32. The Labute approximate surface area is 229 Å². The minimum absolute atomic E-state index is 0.0392. The van der Waals surface area contributed by atoms with Crippen LogP contribution in [0.25, 0.3) is 0 Å². The van der Waals surface area contributed by atoms with Gasteiger partial charge in [-0.05, 0) is 68.4 Å². The number of piperidine rings is 1. The standard InChI is InChI=1S/C30H37ClN2O5/c1-21-20-38-25-9-3-2-7-23(25)8-4-5-10-30(29(35)32-21)11-13-33(14-12-30)27(34)19-22-17-24(31)28-26(18-22)36-15-6-16-37-28/h2-3,7,9,17-18,21H,4-6,8,10-16,19-20H2,1H3,(H,32,35)/t21-/m1/s1. The minimum Gasteiger partial charge on any atom is -0.491 e. The van der Waals surface area contributed by atoms with Gasteiger partial charge in [0.25, 0.3) is 0 Å². The largest absolute Gasteiger partial charge is 0.491 e. The Morgan fingerprint density at radius 3 is 2.66 bits per heavy atom. The van der Waals surface area contributed by atoms with Gasteiger partial charge >= 0.3 is 0 Å². The van der Waals surface area contributed by atoms with Crippen molar-refractivity contribution in [1.29, 1.82) is 0 Å². The minimum atomic E-state index is -0.456. The molecule has 1 spiro atoms. The number of ether oxygens (including phenoxy) is 3. The lowest BCUT2D eigenvalue weighted by Gasteiger charge is -2.41. The van der Waals surface area contributed by atoms with Crippen LogP contribution in [-0.2, 0) is 22.4 Å². The fourth-order valence-corrected chi connectivity index (χ4v) is 6.00. The number of nitrogens with zero attached hydrogens (tertiary/aromatic N) is 1. The van der Waals surface area contributed by atoms with Crippen LogP contribution in [0, 0.1) is 5.41 Å². The van der Waals surface area contributed by atoms with E-state index in [4.69, 9.17) is 25.8 Å². The van der Waals surface area contributed by atoms with E-state index in [0.29, 0.717) is 62.3 Å². The highest BCUT2D eigenvalue weighted by atomic mass is 35.5. The summed E-state index contributed by atoms with van der Waals surface area (Å²) in [4.78, 5) is 28.6. The fourth-order valence-electron chi connectivity index (χ4n) is 5.71. The molecule has 1 atom stereocenters. The van der Waals surface area contributed by atoms with E-state index in [9.17, 15) is 9.59 Å². The fraction of sp³-hybridized carbons (Fsp3) is 0.533. The summed E-state index contributed by atoms with van der Waals surface area (Å²) in [7, 11) is 0. The number of carbonyl (C=O) groups excluding carboxylic acids is 2. The summed E-state index contributed by atoms with van der Waals surface area (Å²) in [5, 5.41) is 3.67. The smallest absolute Gasteiger partial charge is 0.226 e. The summed E-state index contributed by atoms with van der Waals surface area (Å²) in [6, 6.07) is 11.7. The Hall–Kier alpha value is -2.93. The summed E-state index contributed by atoms with van der Waals surface area (Å²) in [5.74, 6) is 2.19. The van der Waals surface area contributed by atoms with E-state index >= 15 is 0 Å². The number of hydrogen-bond acceptors (Lipinski definition) is 5. The molecule has 2 amide bonds. The third kappa shape index (κ3) is 6.04. The normalized spacial score (nSPS) is 21.7. The quantitative estimate of drug-likeness (QED) is 0.582. The number of nitrogens with one attached hydrogen (secondary N) is 1. The second-order valence-electron chi connectivity index (χ2n) is 10.8. The Balaban J connectivity index is 1.23. The molecule has 0 radical (unpaired) electrons. The molecule has 0 aromatic heterocycles. The molecule has 7 nitrogen and oxygen atoms in total. The van der Waals surface area contributed by atoms with E-state index in [0.717, 1.165) is 43.4 Å². The van der Waals surface area contributed by atoms with Gasteiger partial charge in [-0.1, -0.05) is 36.2 Å². The van der Waals surface area contributed by atoms with Crippen LogP contribution in [-0.4, -0.2) is 55.7 Å². The number of likely N-dealkylation sites (tertiary alicyclic amines) is 1. The summed E-state index contributed by atoms with van der Waals surface area (Å²) in [5.41, 5.74) is 1.57. The zero-order valence-corrected chi connectivity index (χ0v) is 22.9. The first kappa shape index (κ1) is 26.7. The molecular weight excluding hydrogens is 504 g/mol. The van der Waals surface area contributed by atoms with Crippen molar-refractivity contribution in [3.05, 3.63) is 52.5 Å². The van der Waals surface area contributed by atoms with Crippen molar-refractivity contribution in [3.63, 3.8) is 0 Å². The summed E-state index contributed by atoms with van der Waals surface area (Å²) in [6.45, 7) is 4.68. The third-order valence-corrected chi connectivity index (χ3v) is 8.24. The van der Waals surface area contributed by atoms with Gasteiger partial charge in [0.2, 0.25) is 11.8 Å². The number of amides is 2. The van der Waals surface area contributed by atoms with Gasteiger partial charge in [-0.25, -0.2) is 0 Å². The molecule has 1 fully saturated rings.